The maximum Gasteiger partial charge on any atom is 0.137 e. The molecule has 3 heterocycles. The topological polar surface area (TPSA) is 33.9 Å². The SMILES string of the molecule is C1CC1.C1CC1.c1ccc2c(c1)-c1cccc3c(-n4c5c(ccc6[nH]c7ccccc7c65)c5ccc6oc7ccccc7c6c54)ccc-2c13. The van der Waals surface area contributed by atoms with Crippen molar-refractivity contribution in [3.05, 3.63) is 127 Å². The van der Waals surface area contributed by atoms with Crippen LogP contribution in [-0.2, 0) is 0 Å². The van der Waals surface area contributed by atoms with E-state index in [1.165, 1.54) is 110 Å². The quantitative estimate of drug-likeness (QED) is 0.192. The summed E-state index contributed by atoms with van der Waals surface area (Å²) in [5.74, 6) is 0. The van der Waals surface area contributed by atoms with Crippen molar-refractivity contribution in [2.45, 2.75) is 38.5 Å². The first-order chi connectivity index (χ1) is 24.3. The van der Waals surface area contributed by atoms with E-state index < -0.39 is 0 Å². The molecule has 13 rings (SSSR count). The molecule has 0 unspecified atom stereocenters. The Balaban J connectivity index is 0.000000441. The molecule has 3 aliphatic rings. The van der Waals surface area contributed by atoms with Crippen molar-refractivity contribution in [1.29, 1.82) is 0 Å². The van der Waals surface area contributed by atoms with Crippen molar-refractivity contribution in [2.75, 3.05) is 0 Å². The minimum absolute atomic E-state index is 0.909. The van der Waals surface area contributed by atoms with E-state index in [1.807, 2.05) is 6.07 Å². The van der Waals surface area contributed by atoms with Gasteiger partial charge in [0.15, 0.2) is 0 Å². The van der Waals surface area contributed by atoms with Crippen LogP contribution in [0.5, 0.6) is 0 Å². The number of nitrogens with zero attached hydrogens (tertiary/aromatic N) is 1. The monoisotopic (exact) mass is 630 g/mol. The van der Waals surface area contributed by atoms with Crippen molar-refractivity contribution >= 4 is 76.3 Å². The van der Waals surface area contributed by atoms with Crippen LogP contribution in [0.25, 0.3) is 104 Å². The summed E-state index contributed by atoms with van der Waals surface area (Å²) in [5, 5.41) is 9.83. The van der Waals surface area contributed by atoms with Gasteiger partial charge in [-0.15, -0.1) is 0 Å². The van der Waals surface area contributed by atoms with Gasteiger partial charge >= 0.3 is 0 Å². The summed E-state index contributed by atoms with van der Waals surface area (Å²) >= 11 is 0. The molecule has 7 aromatic carbocycles. The molecular weight excluding hydrogens is 597 g/mol. The number of hydrogen-bond donors (Lipinski definition) is 1. The Morgan fingerprint density at radius 1 is 0.388 bits per heavy atom. The second-order valence-electron chi connectivity index (χ2n) is 13.9. The molecule has 2 saturated carbocycles. The molecule has 3 aliphatic carbocycles. The van der Waals surface area contributed by atoms with Gasteiger partial charge in [0, 0.05) is 43.4 Å². The highest BCUT2D eigenvalue weighted by Crippen LogP contribution is 2.50. The first-order valence-corrected chi connectivity index (χ1v) is 17.8. The van der Waals surface area contributed by atoms with Crippen molar-refractivity contribution in [3.8, 4) is 27.9 Å². The highest BCUT2D eigenvalue weighted by molar-refractivity contribution is 6.31. The molecule has 0 radical (unpaired) electrons. The van der Waals surface area contributed by atoms with Gasteiger partial charge in [-0.2, -0.15) is 0 Å². The summed E-state index contributed by atoms with van der Waals surface area (Å²) in [6, 6.07) is 46.2. The minimum atomic E-state index is 0.909. The Kier molecular flexibility index (Phi) is 5.74. The molecule has 3 aromatic heterocycles. The first kappa shape index (κ1) is 27.2. The van der Waals surface area contributed by atoms with Crippen LogP contribution in [0.4, 0.5) is 0 Å². The number of para-hydroxylation sites is 2. The van der Waals surface area contributed by atoms with Gasteiger partial charge in [-0.25, -0.2) is 0 Å². The number of hydrogen-bond acceptors (Lipinski definition) is 1. The molecule has 10 aromatic rings. The summed E-state index contributed by atoms with van der Waals surface area (Å²) in [4.78, 5) is 3.70. The van der Waals surface area contributed by atoms with Gasteiger partial charge in [-0.05, 0) is 64.0 Å². The fraction of sp³-hybridized carbons (Fsp3) is 0.130. The number of nitrogens with one attached hydrogen (secondary N) is 1. The van der Waals surface area contributed by atoms with Crippen LogP contribution in [-0.4, -0.2) is 9.55 Å². The van der Waals surface area contributed by atoms with Crippen LogP contribution in [0.2, 0.25) is 0 Å². The van der Waals surface area contributed by atoms with Gasteiger partial charge in [-0.1, -0.05) is 130 Å². The van der Waals surface area contributed by atoms with Gasteiger partial charge in [0.25, 0.3) is 0 Å². The highest BCUT2D eigenvalue weighted by atomic mass is 16.3. The van der Waals surface area contributed by atoms with Gasteiger partial charge < -0.3 is 14.0 Å². The summed E-state index contributed by atoms with van der Waals surface area (Å²) < 4.78 is 8.98. The zero-order chi connectivity index (χ0) is 32.1. The molecule has 0 atom stereocenters. The lowest BCUT2D eigenvalue weighted by Crippen LogP contribution is -1.97. The van der Waals surface area contributed by atoms with Crippen molar-refractivity contribution in [3.63, 3.8) is 0 Å². The number of aromatic nitrogens is 2. The van der Waals surface area contributed by atoms with E-state index in [-0.39, 0.29) is 0 Å². The van der Waals surface area contributed by atoms with Crippen LogP contribution in [0.1, 0.15) is 38.5 Å². The second kappa shape index (κ2) is 10.3. The van der Waals surface area contributed by atoms with E-state index in [0.717, 1.165) is 33.0 Å². The zero-order valence-corrected chi connectivity index (χ0v) is 27.2. The molecular formula is C46H34N2O. The number of aromatic amines is 1. The van der Waals surface area contributed by atoms with E-state index in [0.29, 0.717) is 0 Å². The van der Waals surface area contributed by atoms with Gasteiger partial charge in [0.05, 0.1) is 22.1 Å². The van der Waals surface area contributed by atoms with Crippen LogP contribution < -0.4 is 0 Å². The Morgan fingerprint density at radius 3 is 1.78 bits per heavy atom. The van der Waals surface area contributed by atoms with E-state index >= 15 is 0 Å². The van der Waals surface area contributed by atoms with Crippen molar-refractivity contribution in [1.82, 2.24) is 9.55 Å². The Hall–Kier alpha value is -5.80. The van der Waals surface area contributed by atoms with Crippen LogP contribution in [0, 0.1) is 0 Å². The van der Waals surface area contributed by atoms with Crippen LogP contribution >= 0.6 is 0 Å². The molecule has 234 valence electrons. The summed E-state index contributed by atoms with van der Waals surface area (Å²) in [6.45, 7) is 0. The molecule has 2 fully saturated rings. The van der Waals surface area contributed by atoms with Crippen molar-refractivity contribution in [2.24, 2.45) is 0 Å². The number of rotatable bonds is 1. The van der Waals surface area contributed by atoms with Gasteiger partial charge in [0.1, 0.15) is 11.2 Å². The molecule has 0 aliphatic heterocycles. The predicted molar refractivity (Wildman–Crippen MR) is 207 cm³/mol. The average molecular weight is 631 g/mol. The molecule has 3 nitrogen and oxygen atoms in total. The molecule has 49 heavy (non-hydrogen) atoms. The molecule has 0 spiro atoms. The molecule has 0 bridgehead atoms. The number of furan rings is 1. The standard InChI is InChI=1S/C40H22N2O.2C3H6/c1-2-9-23-22(8-1)24-12-7-13-29-33(20-17-25(23)36(24)29)42-39-26(16-19-32-37(39)28-10-3-5-14-31(28)41-32)27-18-21-35-38(40(27)42)30-11-4-6-15-34(30)43-35;2*1-2-3-1/h1-21,41H;2*1-3H2. The maximum atomic E-state index is 6.45. The lowest BCUT2D eigenvalue weighted by Gasteiger charge is -2.14. The Morgan fingerprint density at radius 2 is 1.00 bits per heavy atom. The van der Waals surface area contributed by atoms with Crippen LogP contribution in [0.3, 0.4) is 0 Å². The lowest BCUT2D eigenvalue weighted by atomic mass is 10.0. The fourth-order valence-corrected chi connectivity index (χ4v) is 7.96. The number of fused-ring (bicyclic) bond motifs is 14. The summed E-state index contributed by atoms with van der Waals surface area (Å²) in [5.41, 5.74) is 12.9. The Bertz CT molecular complexity index is 2780. The third-order valence-electron chi connectivity index (χ3n) is 10.4. The summed E-state index contributed by atoms with van der Waals surface area (Å²) in [6.07, 6.45) is 9.00. The normalized spacial score (nSPS) is 14.0. The molecule has 3 heteroatoms. The van der Waals surface area contributed by atoms with E-state index in [4.69, 9.17) is 4.42 Å². The molecule has 0 amide bonds. The molecule has 1 N–H and O–H groups in total. The smallest absolute Gasteiger partial charge is 0.137 e. The Labute approximate surface area is 283 Å². The highest BCUT2D eigenvalue weighted by Gasteiger charge is 2.26. The predicted octanol–water partition coefficient (Wildman–Crippen LogP) is 13.5. The van der Waals surface area contributed by atoms with E-state index in [2.05, 4.69) is 131 Å². The minimum Gasteiger partial charge on any atom is -0.456 e. The van der Waals surface area contributed by atoms with E-state index in [1.54, 1.807) is 0 Å². The molecule has 0 saturated heterocycles. The zero-order valence-electron chi connectivity index (χ0n) is 27.2. The van der Waals surface area contributed by atoms with Gasteiger partial charge in [0.2, 0.25) is 0 Å². The second-order valence-corrected chi connectivity index (χ2v) is 13.9. The largest absolute Gasteiger partial charge is 0.456 e. The lowest BCUT2D eigenvalue weighted by molar-refractivity contribution is 0.669. The van der Waals surface area contributed by atoms with Crippen LogP contribution in [0.15, 0.2) is 132 Å². The maximum absolute atomic E-state index is 6.45. The van der Waals surface area contributed by atoms with Gasteiger partial charge in [-0.3, -0.25) is 0 Å². The first-order valence-electron chi connectivity index (χ1n) is 17.8. The number of H-pyrrole nitrogens is 1. The third-order valence-corrected chi connectivity index (χ3v) is 10.4. The summed E-state index contributed by atoms with van der Waals surface area (Å²) in [7, 11) is 0. The fourth-order valence-electron chi connectivity index (χ4n) is 7.96. The average Bonchev–Trinajstić information content (AvgIpc) is 4.10. The number of benzene rings is 7. The van der Waals surface area contributed by atoms with Crippen molar-refractivity contribution < 1.29 is 4.42 Å². The van der Waals surface area contributed by atoms with E-state index in [9.17, 15) is 0 Å². The third kappa shape index (κ3) is 4.02.